The number of esters is 2. The summed E-state index contributed by atoms with van der Waals surface area (Å²) in [5.74, 6) is 1.20. The second-order valence-corrected chi connectivity index (χ2v) is 10.2. The van der Waals surface area contributed by atoms with Crippen LogP contribution in [0.1, 0.15) is 97.3 Å². The molecule has 2 aliphatic carbocycles. The lowest BCUT2D eigenvalue weighted by Gasteiger charge is -2.44. The van der Waals surface area contributed by atoms with Crippen molar-refractivity contribution in [3.63, 3.8) is 0 Å². The molecule has 2 saturated carbocycles. The van der Waals surface area contributed by atoms with Gasteiger partial charge in [-0.1, -0.05) is 57.8 Å². The Kier molecular flexibility index (Phi) is 10.8. The summed E-state index contributed by atoms with van der Waals surface area (Å²) in [7, 11) is 0. The maximum absolute atomic E-state index is 11.2. The van der Waals surface area contributed by atoms with Gasteiger partial charge in [0.05, 0.1) is 24.9 Å². The SMILES string of the molecule is C1CCCC1.CC(=O)OCC1CCC(C2OC(COC(C)=O)CCC2C2CCCC2)CO1. The monoisotopic (exact) mass is 452 g/mol. The van der Waals surface area contributed by atoms with Crippen LogP contribution in [0.15, 0.2) is 0 Å². The first-order valence-corrected chi connectivity index (χ1v) is 13.1. The van der Waals surface area contributed by atoms with Crippen LogP contribution in [0.5, 0.6) is 0 Å². The Hall–Kier alpha value is -1.14. The number of carbonyl (C=O) groups excluding carboxylic acids is 2. The van der Waals surface area contributed by atoms with Crippen LogP contribution < -0.4 is 0 Å². The van der Waals surface area contributed by atoms with Gasteiger partial charge in [-0.3, -0.25) is 9.59 Å². The Morgan fingerprint density at radius 1 is 0.688 bits per heavy atom. The topological polar surface area (TPSA) is 71.1 Å². The third kappa shape index (κ3) is 8.33. The van der Waals surface area contributed by atoms with E-state index in [2.05, 4.69) is 0 Å². The van der Waals surface area contributed by atoms with E-state index < -0.39 is 0 Å². The van der Waals surface area contributed by atoms with Crippen molar-refractivity contribution in [2.75, 3.05) is 19.8 Å². The zero-order valence-corrected chi connectivity index (χ0v) is 20.2. The Morgan fingerprint density at radius 2 is 1.25 bits per heavy atom. The lowest BCUT2D eigenvalue weighted by molar-refractivity contribution is -0.177. The molecule has 6 heteroatoms. The average molecular weight is 453 g/mol. The van der Waals surface area contributed by atoms with Crippen LogP contribution in [-0.4, -0.2) is 50.1 Å². The van der Waals surface area contributed by atoms with E-state index in [4.69, 9.17) is 18.9 Å². The van der Waals surface area contributed by atoms with Gasteiger partial charge in [0.1, 0.15) is 13.2 Å². The summed E-state index contributed by atoms with van der Waals surface area (Å²) >= 11 is 0. The molecule has 184 valence electrons. The van der Waals surface area contributed by atoms with Crippen LogP contribution in [-0.2, 0) is 28.5 Å². The molecule has 2 heterocycles. The van der Waals surface area contributed by atoms with E-state index in [0.29, 0.717) is 31.7 Å². The van der Waals surface area contributed by atoms with Gasteiger partial charge in [-0.05, 0) is 37.5 Å². The van der Waals surface area contributed by atoms with Crippen LogP contribution >= 0.6 is 0 Å². The first-order chi connectivity index (χ1) is 15.5. The van der Waals surface area contributed by atoms with E-state index >= 15 is 0 Å². The van der Waals surface area contributed by atoms with Crippen molar-refractivity contribution < 1.29 is 28.5 Å². The second kappa shape index (κ2) is 13.5. The first-order valence-electron chi connectivity index (χ1n) is 13.1. The zero-order valence-electron chi connectivity index (χ0n) is 20.2. The fraction of sp³-hybridized carbons (Fsp3) is 0.923. The molecule has 0 aromatic rings. The fourth-order valence-electron chi connectivity index (χ4n) is 5.93. The van der Waals surface area contributed by atoms with E-state index in [1.807, 2.05) is 0 Å². The number of rotatable bonds is 6. The standard InChI is InChI=1S/C21H34O6.C5H10/c1-14(22)24-12-18-8-7-17(11-26-18)21-20(16-5-3-4-6-16)10-9-19(27-21)13-25-15(2)23;1-2-4-5-3-1/h16-21H,3-13H2,1-2H3;1-5H2. The van der Waals surface area contributed by atoms with Crippen LogP contribution in [0.2, 0.25) is 0 Å². The van der Waals surface area contributed by atoms with Gasteiger partial charge in [0.2, 0.25) is 0 Å². The molecule has 32 heavy (non-hydrogen) atoms. The van der Waals surface area contributed by atoms with Gasteiger partial charge < -0.3 is 18.9 Å². The Bertz CT molecular complexity index is 553. The highest BCUT2D eigenvalue weighted by Crippen LogP contribution is 2.43. The quantitative estimate of drug-likeness (QED) is 0.515. The van der Waals surface area contributed by atoms with Gasteiger partial charge in [0, 0.05) is 19.8 Å². The summed E-state index contributed by atoms with van der Waals surface area (Å²) < 4.78 is 22.8. The molecule has 0 radical (unpaired) electrons. The highest BCUT2D eigenvalue weighted by Gasteiger charge is 2.42. The molecular formula is C26H44O6. The minimum Gasteiger partial charge on any atom is -0.463 e. The molecule has 0 bridgehead atoms. The summed E-state index contributed by atoms with van der Waals surface area (Å²) in [6.45, 7) is 4.22. The summed E-state index contributed by atoms with van der Waals surface area (Å²) in [6.07, 6.45) is 17.0. The second-order valence-electron chi connectivity index (χ2n) is 10.2. The minimum atomic E-state index is -0.258. The maximum Gasteiger partial charge on any atom is 0.302 e. The zero-order chi connectivity index (χ0) is 22.8. The lowest BCUT2D eigenvalue weighted by atomic mass is 9.74. The molecule has 4 rings (SSSR count). The molecule has 0 N–H and O–H groups in total. The average Bonchev–Trinajstić information content (AvgIpc) is 3.53. The van der Waals surface area contributed by atoms with Crippen molar-refractivity contribution in [2.45, 2.75) is 116 Å². The van der Waals surface area contributed by atoms with Crippen LogP contribution in [0.3, 0.4) is 0 Å². The first kappa shape index (κ1) is 25.5. The summed E-state index contributed by atoms with van der Waals surface area (Å²) in [6, 6.07) is 0. The van der Waals surface area contributed by atoms with E-state index in [1.165, 1.54) is 71.6 Å². The number of hydrogen-bond acceptors (Lipinski definition) is 6. The molecule has 0 aromatic heterocycles. The molecule has 5 atom stereocenters. The Morgan fingerprint density at radius 3 is 1.78 bits per heavy atom. The molecule has 0 amide bonds. The third-order valence-electron chi connectivity index (χ3n) is 7.66. The maximum atomic E-state index is 11.2. The van der Waals surface area contributed by atoms with Crippen molar-refractivity contribution in [3.05, 3.63) is 0 Å². The van der Waals surface area contributed by atoms with Crippen LogP contribution in [0.4, 0.5) is 0 Å². The Balaban J connectivity index is 0.000000509. The van der Waals surface area contributed by atoms with Gasteiger partial charge in [-0.2, -0.15) is 0 Å². The largest absolute Gasteiger partial charge is 0.463 e. The number of carbonyl (C=O) groups is 2. The third-order valence-corrected chi connectivity index (χ3v) is 7.66. The van der Waals surface area contributed by atoms with E-state index in [9.17, 15) is 9.59 Å². The van der Waals surface area contributed by atoms with E-state index in [-0.39, 0.29) is 30.3 Å². The van der Waals surface area contributed by atoms with Crippen molar-refractivity contribution >= 4 is 11.9 Å². The normalized spacial score (nSPS) is 33.2. The van der Waals surface area contributed by atoms with Gasteiger partial charge in [0.25, 0.3) is 0 Å². The van der Waals surface area contributed by atoms with E-state index in [1.54, 1.807) is 0 Å². The molecular weight excluding hydrogens is 408 g/mol. The molecule has 5 unspecified atom stereocenters. The molecule has 2 aliphatic heterocycles. The molecule has 0 aromatic carbocycles. The number of hydrogen-bond donors (Lipinski definition) is 0. The number of ether oxygens (including phenoxy) is 4. The highest BCUT2D eigenvalue weighted by molar-refractivity contribution is 5.66. The van der Waals surface area contributed by atoms with Crippen LogP contribution in [0.25, 0.3) is 0 Å². The predicted molar refractivity (Wildman–Crippen MR) is 122 cm³/mol. The smallest absolute Gasteiger partial charge is 0.302 e. The van der Waals surface area contributed by atoms with Crippen molar-refractivity contribution in [3.8, 4) is 0 Å². The molecule has 0 spiro atoms. The fourth-order valence-corrected chi connectivity index (χ4v) is 5.93. The van der Waals surface area contributed by atoms with Crippen molar-refractivity contribution in [2.24, 2.45) is 17.8 Å². The summed E-state index contributed by atoms with van der Waals surface area (Å²) in [5, 5.41) is 0. The van der Waals surface area contributed by atoms with Gasteiger partial charge in [-0.25, -0.2) is 0 Å². The molecule has 2 saturated heterocycles. The highest BCUT2D eigenvalue weighted by atomic mass is 16.6. The van der Waals surface area contributed by atoms with Crippen molar-refractivity contribution in [1.29, 1.82) is 0 Å². The van der Waals surface area contributed by atoms with Gasteiger partial charge in [-0.15, -0.1) is 0 Å². The summed E-state index contributed by atoms with van der Waals surface area (Å²) in [5.41, 5.74) is 0. The summed E-state index contributed by atoms with van der Waals surface area (Å²) in [4.78, 5) is 22.2. The predicted octanol–water partition coefficient (Wildman–Crippen LogP) is 5.21. The van der Waals surface area contributed by atoms with Crippen molar-refractivity contribution in [1.82, 2.24) is 0 Å². The molecule has 4 fully saturated rings. The van der Waals surface area contributed by atoms with E-state index in [0.717, 1.165) is 31.6 Å². The Labute approximate surface area is 194 Å². The lowest BCUT2D eigenvalue weighted by Crippen LogP contribution is -2.47. The van der Waals surface area contributed by atoms with Crippen LogP contribution in [0, 0.1) is 17.8 Å². The molecule has 6 nitrogen and oxygen atoms in total. The minimum absolute atomic E-state index is 0.00415. The van der Waals surface area contributed by atoms with Gasteiger partial charge >= 0.3 is 11.9 Å². The van der Waals surface area contributed by atoms with Gasteiger partial charge in [0.15, 0.2) is 0 Å². The molecule has 4 aliphatic rings.